The Hall–Kier alpha value is -1.44. The third-order valence-corrected chi connectivity index (χ3v) is 4.36. The molecule has 0 unspecified atom stereocenters. The lowest BCUT2D eigenvalue weighted by molar-refractivity contribution is 0.607. The average molecular weight is 332 g/mol. The fraction of sp³-hybridized carbons (Fsp3) is 0.167. The topological polar surface area (TPSA) is 84.2 Å². The first kappa shape index (κ1) is 15.0. The smallest absolute Gasteiger partial charge is 0.229 e. The van der Waals surface area contributed by atoms with Crippen molar-refractivity contribution >= 4 is 50.0 Å². The highest BCUT2D eigenvalue weighted by atomic mass is 35.5. The minimum atomic E-state index is -3.31. The summed E-state index contributed by atoms with van der Waals surface area (Å²) in [7, 11) is -3.31. The third-order valence-electron chi connectivity index (χ3n) is 2.49. The van der Waals surface area contributed by atoms with Crippen LogP contribution in [0.5, 0.6) is 0 Å². The minimum Gasteiger partial charge on any atom is -0.398 e. The van der Waals surface area contributed by atoms with Crippen LogP contribution in [0, 0.1) is 0 Å². The van der Waals surface area contributed by atoms with Crippen molar-refractivity contribution in [2.45, 2.75) is 6.54 Å². The lowest BCUT2D eigenvalue weighted by Gasteiger charge is -2.11. The molecule has 0 fully saturated rings. The van der Waals surface area contributed by atoms with E-state index in [9.17, 15) is 8.42 Å². The molecule has 2 rings (SSSR count). The van der Waals surface area contributed by atoms with E-state index in [1.165, 1.54) is 0 Å². The molecule has 0 amide bonds. The number of hydrogen-bond acceptors (Lipinski definition) is 5. The number of anilines is 3. The lowest BCUT2D eigenvalue weighted by Crippen LogP contribution is -2.10. The molecule has 4 N–H and O–H groups in total. The van der Waals surface area contributed by atoms with Gasteiger partial charge in [-0.3, -0.25) is 4.72 Å². The van der Waals surface area contributed by atoms with Gasteiger partial charge in [-0.05, 0) is 29.6 Å². The Morgan fingerprint density at radius 2 is 2.10 bits per heavy atom. The minimum absolute atomic E-state index is 0.457. The Morgan fingerprint density at radius 3 is 2.70 bits per heavy atom. The van der Waals surface area contributed by atoms with Crippen molar-refractivity contribution in [1.29, 1.82) is 0 Å². The number of halogens is 1. The van der Waals surface area contributed by atoms with Gasteiger partial charge in [-0.2, -0.15) is 0 Å². The van der Waals surface area contributed by atoms with Gasteiger partial charge in [-0.15, -0.1) is 11.3 Å². The molecule has 0 bridgehead atoms. The van der Waals surface area contributed by atoms with E-state index in [1.807, 2.05) is 11.4 Å². The quantitative estimate of drug-likeness (QED) is 0.786. The molecule has 108 valence electrons. The van der Waals surface area contributed by atoms with Gasteiger partial charge in [0.25, 0.3) is 0 Å². The van der Waals surface area contributed by atoms with E-state index in [2.05, 4.69) is 10.0 Å². The number of hydrogen-bond donors (Lipinski definition) is 3. The van der Waals surface area contributed by atoms with Crippen molar-refractivity contribution in [2.75, 3.05) is 22.0 Å². The zero-order valence-corrected chi connectivity index (χ0v) is 13.1. The summed E-state index contributed by atoms with van der Waals surface area (Å²) in [4.78, 5) is 1.00. The fourth-order valence-electron chi connectivity index (χ4n) is 1.61. The molecule has 0 aliphatic rings. The molecule has 1 aromatic heterocycles. The highest BCUT2D eigenvalue weighted by Crippen LogP contribution is 2.28. The van der Waals surface area contributed by atoms with Crippen LogP contribution in [-0.4, -0.2) is 14.7 Å². The van der Waals surface area contributed by atoms with Gasteiger partial charge in [0, 0.05) is 10.6 Å². The summed E-state index contributed by atoms with van der Waals surface area (Å²) in [5.74, 6) is 0. The molecule has 0 atom stereocenters. The maximum atomic E-state index is 11.2. The summed E-state index contributed by atoms with van der Waals surface area (Å²) >= 11 is 7.63. The number of nitrogen functional groups attached to an aromatic ring is 1. The van der Waals surface area contributed by atoms with Gasteiger partial charge >= 0.3 is 0 Å². The van der Waals surface area contributed by atoms with Crippen LogP contribution in [0.15, 0.2) is 29.6 Å². The first-order valence-corrected chi connectivity index (χ1v) is 8.83. The molecule has 1 aromatic carbocycles. The second-order valence-corrected chi connectivity index (χ2v) is 7.38. The van der Waals surface area contributed by atoms with Crippen molar-refractivity contribution in [3.05, 3.63) is 39.5 Å². The molecule has 0 spiro atoms. The van der Waals surface area contributed by atoms with Gasteiger partial charge in [0.1, 0.15) is 0 Å². The number of nitrogens with one attached hydrogen (secondary N) is 2. The van der Waals surface area contributed by atoms with E-state index >= 15 is 0 Å². The Kier molecular flexibility index (Phi) is 4.42. The van der Waals surface area contributed by atoms with Crippen molar-refractivity contribution in [3.8, 4) is 0 Å². The van der Waals surface area contributed by atoms with Crippen LogP contribution >= 0.6 is 22.9 Å². The first-order valence-electron chi connectivity index (χ1n) is 5.68. The Balaban J connectivity index is 2.15. The zero-order chi connectivity index (χ0) is 14.8. The predicted molar refractivity (Wildman–Crippen MR) is 86.0 cm³/mol. The van der Waals surface area contributed by atoms with Crippen molar-refractivity contribution in [2.24, 2.45) is 0 Å². The predicted octanol–water partition coefficient (Wildman–Crippen LogP) is 2.97. The van der Waals surface area contributed by atoms with E-state index in [-0.39, 0.29) is 0 Å². The summed E-state index contributed by atoms with van der Waals surface area (Å²) in [5, 5.41) is 5.57. The van der Waals surface area contributed by atoms with Gasteiger partial charge in [0.05, 0.1) is 29.2 Å². The van der Waals surface area contributed by atoms with E-state index in [0.29, 0.717) is 22.9 Å². The summed E-state index contributed by atoms with van der Waals surface area (Å²) in [6.45, 7) is 0.533. The van der Waals surface area contributed by atoms with Crippen molar-refractivity contribution < 1.29 is 8.42 Å². The molecule has 0 saturated carbocycles. The molecule has 0 aliphatic carbocycles. The average Bonchev–Trinajstić information content (AvgIpc) is 2.74. The largest absolute Gasteiger partial charge is 0.398 e. The lowest BCUT2D eigenvalue weighted by atomic mass is 10.2. The van der Waals surface area contributed by atoms with Crippen LogP contribution in [0.3, 0.4) is 0 Å². The van der Waals surface area contributed by atoms with Gasteiger partial charge in [-0.25, -0.2) is 8.42 Å². The Bertz CT molecular complexity index is 713. The summed E-state index contributed by atoms with van der Waals surface area (Å²) in [6, 6.07) is 6.72. The van der Waals surface area contributed by atoms with Gasteiger partial charge in [0.15, 0.2) is 0 Å². The summed E-state index contributed by atoms with van der Waals surface area (Å²) in [6.07, 6.45) is 1.10. The Morgan fingerprint density at radius 1 is 1.35 bits per heavy atom. The number of rotatable bonds is 5. The van der Waals surface area contributed by atoms with E-state index in [0.717, 1.165) is 16.8 Å². The number of benzene rings is 1. The Labute approximate surface area is 126 Å². The summed E-state index contributed by atoms with van der Waals surface area (Å²) < 4.78 is 24.8. The maximum Gasteiger partial charge on any atom is 0.229 e. The monoisotopic (exact) mass is 331 g/mol. The second kappa shape index (κ2) is 5.90. The molecule has 20 heavy (non-hydrogen) atoms. The second-order valence-electron chi connectivity index (χ2n) is 4.22. The van der Waals surface area contributed by atoms with Crippen LogP contribution in [0.4, 0.5) is 17.1 Å². The molecule has 2 aromatic rings. The van der Waals surface area contributed by atoms with Crippen molar-refractivity contribution in [3.63, 3.8) is 0 Å². The highest BCUT2D eigenvalue weighted by molar-refractivity contribution is 7.92. The molecule has 5 nitrogen and oxygen atoms in total. The van der Waals surface area contributed by atoms with Crippen LogP contribution in [0.25, 0.3) is 0 Å². The molecule has 0 radical (unpaired) electrons. The molecular formula is C12H14ClN3O2S2. The normalized spacial score (nSPS) is 11.3. The molecule has 0 aliphatic heterocycles. The third kappa shape index (κ3) is 4.03. The van der Waals surface area contributed by atoms with Gasteiger partial charge in [-0.1, -0.05) is 11.6 Å². The molecule has 1 heterocycles. The number of thiophene rings is 1. The van der Waals surface area contributed by atoms with Gasteiger partial charge in [0.2, 0.25) is 10.0 Å². The molecular weight excluding hydrogens is 318 g/mol. The van der Waals surface area contributed by atoms with E-state index in [4.69, 9.17) is 17.3 Å². The van der Waals surface area contributed by atoms with Gasteiger partial charge < -0.3 is 11.1 Å². The zero-order valence-electron chi connectivity index (χ0n) is 10.7. The highest BCUT2D eigenvalue weighted by Gasteiger charge is 2.07. The van der Waals surface area contributed by atoms with Crippen LogP contribution < -0.4 is 15.8 Å². The van der Waals surface area contributed by atoms with Crippen LogP contribution in [-0.2, 0) is 16.6 Å². The van der Waals surface area contributed by atoms with Crippen LogP contribution in [0.2, 0.25) is 5.02 Å². The van der Waals surface area contributed by atoms with Crippen molar-refractivity contribution in [1.82, 2.24) is 0 Å². The maximum absolute atomic E-state index is 11.2. The number of sulfonamides is 1. The van der Waals surface area contributed by atoms with E-state index in [1.54, 1.807) is 29.5 Å². The van der Waals surface area contributed by atoms with E-state index < -0.39 is 10.0 Å². The molecule has 8 heteroatoms. The first-order chi connectivity index (χ1) is 9.35. The fourth-order valence-corrected chi connectivity index (χ4v) is 3.09. The standard InChI is InChI=1S/C12H14ClN3O2S2/c1-20(17,18)16-8-2-3-9(13)11(6-8)15-7-12-10(14)4-5-19-12/h2-6,15-16H,7,14H2,1H3. The van der Waals surface area contributed by atoms with Crippen LogP contribution in [0.1, 0.15) is 4.88 Å². The number of nitrogens with two attached hydrogens (primary N) is 1. The SMILES string of the molecule is CS(=O)(=O)Nc1ccc(Cl)c(NCc2sccc2N)c1. The summed E-state index contributed by atoms with van der Waals surface area (Å²) in [5.41, 5.74) is 7.63. The molecule has 0 saturated heterocycles.